The van der Waals surface area contributed by atoms with E-state index in [1.54, 1.807) is 24.3 Å². The van der Waals surface area contributed by atoms with Crippen LogP contribution in [0.2, 0.25) is 0 Å². The van der Waals surface area contributed by atoms with Crippen molar-refractivity contribution < 1.29 is 24.8 Å². The van der Waals surface area contributed by atoms with Crippen LogP contribution in [0.4, 0.5) is 5.69 Å². The number of nitrogens with zero attached hydrogens (tertiary/aromatic N) is 1. The molecule has 1 aromatic carbocycles. The molecule has 1 saturated heterocycles. The fourth-order valence-electron chi connectivity index (χ4n) is 1.78. The number of aliphatic hydroxyl groups excluding tert-OH is 3. The predicted octanol–water partition coefficient (Wildman–Crippen LogP) is 0.618. The van der Waals surface area contributed by atoms with Gasteiger partial charge in [0.25, 0.3) is 0 Å². The van der Waals surface area contributed by atoms with Crippen LogP contribution in [0.15, 0.2) is 24.3 Å². The molecule has 1 aliphatic heterocycles. The van der Waals surface area contributed by atoms with Gasteiger partial charge in [0.2, 0.25) is 6.29 Å². The van der Waals surface area contributed by atoms with Gasteiger partial charge in [0.15, 0.2) is 0 Å². The average molecular weight is 310 g/mol. The number of anilines is 1. The molecular formula is C11H13Cl2NO5. The van der Waals surface area contributed by atoms with E-state index in [0.29, 0.717) is 5.69 Å². The number of benzene rings is 1. The maximum atomic E-state index is 9.76. The Morgan fingerprint density at radius 2 is 1.89 bits per heavy atom. The second-order valence-electron chi connectivity index (χ2n) is 4.03. The van der Waals surface area contributed by atoms with Crippen LogP contribution in [0.3, 0.4) is 0 Å². The first-order chi connectivity index (χ1) is 9.04. The zero-order chi connectivity index (χ0) is 14.0. The molecule has 3 N–H and O–H groups in total. The fraction of sp³-hybridized carbons (Fsp3) is 0.455. The molecular weight excluding hydrogens is 297 g/mol. The third-order valence-electron chi connectivity index (χ3n) is 2.79. The van der Waals surface area contributed by atoms with Crippen molar-refractivity contribution in [3.8, 4) is 5.75 Å². The zero-order valence-corrected chi connectivity index (χ0v) is 11.2. The number of rotatable bonds is 4. The first kappa shape index (κ1) is 14.6. The van der Waals surface area contributed by atoms with Crippen molar-refractivity contribution in [2.45, 2.75) is 24.6 Å². The van der Waals surface area contributed by atoms with Crippen molar-refractivity contribution in [2.24, 2.45) is 0 Å². The molecule has 6 nitrogen and oxygen atoms in total. The van der Waals surface area contributed by atoms with Gasteiger partial charge in [-0.2, -0.15) is 3.94 Å². The SMILES string of the molecule is OC[C@H]1O[C@@H](Oc2ccccc2N(Cl)Cl)[C@H](O)[C@@H]1O. The molecule has 2 rings (SSSR count). The topological polar surface area (TPSA) is 82.4 Å². The summed E-state index contributed by atoms with van der Waals surface area (Å²) in [5.74, 6) is 0.280. The van der Waals surface area contributed by atoms with Crippen LogP contribution in [0.25, 0.3) is 0 Å². The summed E-state index contributed by atoms with van der Waals surface area (Å²) in [6, 6.07) is 6.59. The zero-order valence-electron chi connectivity index (χ0n) is 9.69. The summed E-state index contributed by atoms with van der Waals surface area (Å²) in [6.07, 6.45) is -4.49. The minimum atomic E-state index is -1.27. The van der Waals surface area contributed by atoms with Gasteiger partial charge in [-0.3, -0.25) is 0 Å². The monoisotopic (exact) mass is 309 g/mol. The third-order valence-corrected chi connectivity index (χ3v) is 3.15. The Labute approximate surface area is 119 Å². The summed E-state index contributed by atoms with van der Waals surface area (Å²) in [5, 5.41) is 28.3. The van der Waals surface area contributed by atoms with Gasteiger partial charge in [0, 0.05) is 23.6 Å². The van der Waals surface area contributed by atoms with Crippen molar-refractivity contribution in [1.29, 1.82) is 0 Å². The third kappa shape index (κ3) is 3.05. The molecule has 0 radical (unpaired) electrons. The fourth-order valence-corrected chi connectivity index (χ4v) is 2.06. The Bertz CT molecular complexity index is 433. The van der Waals surface area contributed by atoms with Gasteiger partial charge in [0.1, 0.15) is 29.7 Å². The van der Waals surface area contributed by atoms with Crippen molar-refractivity contribution in [3.05, 3.63) is 24.3 Å². The van der Waals surface area contributed by atoms with Gasteiger partial charge in [-0.05, 0) is 12.1 Å². The molecule has 19 heavy (non-hydrogen) atoms. The van der Waals surface area contributed by atoms with Crippen LogP contribution in [0.1, 0.15) is 0 Å². The van der Waals surface area contributed by atoms with E-state index in [0.717, 1.165) is 3.94 Å². The van der Waals surface area contributed by atoms with Crippen LogP contribution in [0.5, 0.6) is 5.75 Å². The summed E-state index contributed by atoms with van der Waals surface area (Å²) in [4.78, 5) is 0. The molecule has 0 aromatic heterocycles. The average Bonchev–Trinajstić information content (AvgIpc) is 2.67. The van der Waals surface area contributed by atoms with E-state index >= 15 is 0 Å². The molecule has 0 unspecified atom stereocenters. The number of ether oxygens (including phenoxy) is 2. The summed E-state index contributed by atoms with van der Waals surface area (Å²) in [6.45, 7) is -0.420. The maximum Gasteiger partial charge on any atom is 0.229 e. The first-order valence-electron chi connectivity index (χ1n) is 5.54. The molecule has 0 spiro atoms. The molecule has 0 amide bonds. The van der Waals surface area contributed by atoms with E-state index in [9.17, 15) is 10.2 Å². The second kappa shape index (κ2) is 6.13. The molecule has 1 heterocycles. The minimum absolute atomic E-state index is 0.280. The highest BCUT2D eigenvalue weighted by atomic mass is 35.5. The summed E-state index contributed by atoms with van der Waals surface area (Å²) >= 11 is 11.3. The standard InChI is InChI=1S/C11H13Cl2NO5/c12-14(13)6-3-1-2-4-7(6)18-11-10(17)9(16)8(5-15)19-11/h1-4,8-11,15-17H,5H2/t8-,9-,10-,11-/m1/s1. The molecule has 1 aliphatic rings. The highest BCUT2D eigenvalue weighted by Crippen LogP contribution is 2.33. The van der Waals surface area contributed by atoms with Gasteiger partial charge >= 0.3 is 0 Å². The number of hydrogen-bond donors (Lipinski definition) is 3. The van der Waals surface area contributed by atoms with E-state index < -0.39 is 31.2 Å². The van der Waals surface area contributed by atoms with Crippen LogP contribution in [-0.4, -0.2) is 46.5 Å². The van der Waals surface area contributed by atoms with Crippen LogP contribution in [-0.2, 0) is 4.74 Å². The predicted molar refractivity (Wildman–Crippen MR) is 69.0 cm³/mol. The number of aliphatic hydroxyl groups is 3. The molecule has 1 fully saturated rings. The van der Waals surface area contributed by atoms with E-state index in [1.807, 2.05) is 0 Å². The Balaban J connectivity index is 2.14. The molecule has 1 aromatic rings. The Hall–Kier alpha value is -0.760. The van der Waals surface area contributed by atoms with Gasteiger partial charge < -0.3 is 24.8 Å². The largest absolute Gasteiger partial charge is 0.460 e. The van der Waals surface area contributed by atoms with E-state index in [2.05, 4.69) is 0 Å². The molecule has 0 aliphatic carbocycles. The van der Waals surface area contributed by atoms with E-state index in [4.69, 9.17) is 38.1 Å². The normalized spacial score (nSPS) is 30.4. The summed E-state index contributed by atoms with van der Waals surface area (Å²) < 4.78 is 11.4. The van der Waals surface area contributed by atoms with Crippen LogP contribution < -0.4 is 8.67 Å². The Kier molecular flexibility index (Phi) is 4.72. The Morgan fingerprint density at radius 3 is 2.47 bits per heavy atom. The minimum Gasteiger partial charge on any atom is -0.460 e. The quantitative estimate of drug-likeness (QED) is 0.707. The lowest BCUT2D eigenvalue weighted by Crippen LogP contribution is -2.35. The summed E-state index contributed by atoms with van der Waals surface area (Å²) in [7, 11) is 0. The number of hydrogen-bond acceptors (Lipinski definition) is 6. The molecule has 0 bridgehead atoms. The lowest BCUT2D eigenvalue weighted by molar-refractivity contribution is -0.116. The van der Waals surface area contributed by atoms with Gasteiger partial charge in [-0.25, -0.2) is 0 Å². The van der Waals surface area contributed by atoms with Crippen LogP contribution >= 0.6 is 23.6 Å². The molecule has 4 atom stereocenters. The van der Waals surface area contributed by atoms with Crippen molar-refractivity contribution in [3.63, 3.8) is 0 Å². The number of para-hydroxylation sites is 2. The highest BCUT2D eigenvalue weighted by Gasteiger charge is 2.44. The lowest BCUT2D eigenvalue weighted by atomic mass is 10.1. The lowest BCUT2D eigenvalue weighted by Gasteiger charge is -2.19. The van der Waals surface area contributed by atoms with Crippen molar-refractivity contribution >= 4 is 29.2 Å². The number of halogens is 2. The van der Waals surface area contributed by atoms with Crippen molar-refractivity contribution in [2.75, 3.05) is 10.5 Å². The van der Waals surface area contributed by atoms with E-state index in [1.165, 1.54) is 0 Å². The van der Waals surface area contributed by atoms with Gasteiger partial charge in [0.05, 0.1) is 6.61 Å². The van der Waals surface area contributed by atoms with E-state index in [-0.39, 0.29) is 5.75 Å². The molecule has 106 valence electrons. The maximum absolute atomic E-state index is 9.76. The van der Waals surface area contributed by atoms with Gasteiger partial charge in [-0.1, -0.05) is 12.1 Å². The smallest absolute Gasteiger partial charge is 0.229 e. The second-order valence-corrected chi connectivity index (χ2v) is 4.87. The van der Waals surface area contributed by atoms with Crippen molar-refractivity contribution in [1.82, 2.24) is 0 Å². The molecule has 0 saturated carbocycles. The van der Waals surface area contributed by atoms with Crippen LogP contribution in [0, 0.1) is 0 Å². The molecule has 8 heteroatoms. The first-order valence-corrected chi connectivity index (χ1v) is 6.22. The highest BCUT2D eigenvalue weighted by molar-refractivity contribution is 6.49. The Morgan fingerprint density at radius 1 is 1.21 bits per heavy atom. The van der Waals surface area contributed by atoms with Gasteiger partial charge in [-0.15, -0.1) is 0 Å². The summed E-state index contributed by atoms with van der Waals surface area (Å²) in [5.41, 5.74) is 0.364.